The molecule has 1 saturated heterocycles. The number of rotatable bonds is 5. The highest BCUT2D eigenvalue weighted by Crippen LogP contribution is 2.25. The van der Waals surface area contributed by atoms with E-state index in [-0.39, 0.29) is 17.1 Å². The molecule has 0 saturated carbocycles. The molecular formula is C17H19Cl2N3O. The first-order valence-electron chi connectivity index (χ1n) is 7.76. The maximum atomic E-state index is 12.3. The average molecular weight is 352 g/mol. The lowest BCUT2D eigenvalue weighted by Gasteiger charge is -2.28. The highest BCUT2D eigenvalue weighted by Gasteiger charge is 2.24. The van der Waals surface area contributed by atoms with Crippen LogP contribution in [0.4, 0.5) is 0 Å². The van der Waals surface area contributed by atoms with Crippen molar-refractivity contribution in [1.29, 1.82) is 0 Å². The SMILES string of the molecule is O=C(NC[C@H](c1ccccc1)N1CCCC1)c1cc(Cl)c(Cl)[nH]1. The zero-order valence-corrected chi connectivity index (χ0v) is 14.2. The molecule has 1 fully saturated rings. The predicted octanol–water partition coefficient (Wildman–Crippen LogP) is 3.89. The first-order valence-corrected chi connectivity index (χ1v) is 8.52. The fraction of sp³-hybridized carbons (Fsp3) is 0.353. The number of benzene rings is 1. The van der Waals surface area contributed by atoms with Crippen molar-refractivity contribution in [1.82, 2.24) is 15.2 Å². The highest BCUT2D eigenvalue weighted by molar-refractivity contribution is 6.41. The van der Waals surface area contributed by atoms with E-state index in [2.05, 4.69) is 27.3 Å². The molecule has 2 aromatic rings. The lowest BCUT2D eigenvalue weighted by atomic mass is 10.1. The Labute approximate surface area is 145 Å². The number of carbonyl (C=O) groups excluding carboxylic acids is 1. The predicted molar refractivity (Wildman–Crippen MR) is 93.1 cm³/mol. The van der Waals surface area contributed by atoms with Crippen molar-refractivity contribution in [2.24, 2.45) is 0 Å². The molecule has 122 valence electrons. The number of amides is 1. The van der Waals surface area contributed by atoms with Crippen LogP contribution in [0.25, 0.3) is 0 Å². The topological polar surface area (TPSA) is 48.1 Å². The van der Waals surface area contributed by atoms with Crippen LogP contribution < -0.4 is 5.32 Å². The molecule has 1 aromatic heterocycles. The maximum Gasteiger partial charge on any atom is 0.267 e. The summed E-state index contributed by atoms with van der Waals surface area (Å²) in [5.74, 6) is -0.195. The molecule has 1 aliphatic heterocycles. The smallest absolute Gasteiger partial charge is 0.267 e. The number of hydrogen-bond acceptors (Lipinski definition) is 2. The van der Waals surface area contributed by atoms with Gasteiger partial charge < -0.3 is 10.3 Å². The number of H-pyrrole nitrogens is 1. The normalized spacial score (nSPS) is 16.4. The van der Waals surface area contributed by atoms with E-state index in [9.17, 15) is 4.79 Å². The minimum atomic E-state index is -0.195. The number of aromatic nitrogens is 1. The Morgan fingerprint density at radius 1 is 1.22 bits per heavy atom. The largest absolute Gasteiger partial charge is 0.349 e. The molecule has 0 aliphatic carbocycles. The summed E-state index contributed by atoms with van der Waals surface area (Å²) in [4.78, 5) is 17.5. The second-order valence-electron chi connectivity index (χ2n) is 5.72. The Morgan fingerprint density at radius 3 is 2.52 bits per heavy atom. The van der Waals surface area contributed by atoms with Crippen molar-refractivity contribution in [3.8, 4) is 0 Å². The van der Waals surface area contributed by atoms with Crippen molar-refractivity contribution in [3.05, 3.63) is 57.8 Å². The van der Waals surface area contributed by atoms with E-state index >= 15 is 0 Å². The summed E-state index contributed by atoms with van der Waals surface area (Å²) in [5.41, 5.74) is 1.60. The van der Waals surface area contributed by atoms with Gasteiger partial charge in [0.2, 0.25) is 0 Å². The van der Waals surface area contributed by atoms with Gasteiger partial charge in [-0.1, -0.05) is 53.5 Å². The Morgan fingerprint density at radius 2 is 1.91 bits per heavy atom. The number of halogens is 2. The molecule has 1 aromatic carbocycles. The molecular weight excluding hydrogens is 333 g/mol. The molecule has 0 unspecified atom stereocenters. The summed E-state index contributed by atoms with van der Waals surface area (Å²) < 4.78 is 0. The number of carbonyl (C=O) groups is 1. The molecule has 2 heterocycles. The monoisotopic (exact) mass is 351 g/mol. The Hall–Kier alpha value is -1.49. The van der Waals surface area contributed by atoms with Crippen LogP contribution in [0.3, 0.4) is 0 Å². The lowest BCUT2D eigenvalue weighted by molar-refractivity contribution is 0.0933. The van der Waals surface area contributed by atoms with Crippen LogP contribution in [-0.4, -0.2) is 35.4 Å². The van der Waals surface area contributed by atoms with Gasteiger partial charge in [-0.3, -0.25) is 9.69 Å². The average Bonchev–Trinajstić information content (AvgIpc) is 3.19. The first kappa shape index (κ1) is 16.4. The molecule has 1 atom stereocenters. The molecule has 2 N–H and O–H groups in total. The number of aromatic amines is 1. The van der Waals surface area contributed by atoms with Gasteiger partial charge in [0.1, 0.15) is 10.8 Å². The van der Waals surface area contributed by atoms with Crippen molar-refractivity contribution in [3.63, 3.8) is 0 Å². The minimum Gasteiger partial charge on any atom is -0.349 e. The van der Waals surface area contributed by atoms with Gasteiger partial charge in [0.05, 0.1) is 11.1 Å². The van der Waals surface area contributed by atoms with Gasteiger partial charge >= 0.3 is 0 Å². The van der Waals surface area contributed by atoms with E-state index in [4.69, 9.17) is 23.2 Å². The van der Waals surface area contributed by atoms with Crippen LogP contribution in [0, 0.1) is 0 Å². The van der Waals surface area contributed by atoms with E-state index in [0.29, 0.717) is 17.3 Å². The van der Waals surface area contributed by atoms with Crippen LogP contribution in [-0.2, 0) is 0 Å². The minimum absolute atomic E-state index is 0.184. The van der Waals surface area contributed by atoms with E-state index in [1.807, 2.05) is 18.2 Å². The van der Waals surface area contributed by atoms with Gasteiger partial charge in [-0.15, -0.1) is 0 Å². The Balaban J connectivity index is 1.70. The van der Waals surface area contributed by atoms with Gasteiger partial charge in [0.25, 0.3) is 5.91 Å². The van der Waals surface area contributed by atoms with Gasteiger partial charge in [0.15, 0.2) is 0 Å². The fourth-order valence-electron chi connectivity index (χ4n) is 3.00. The third-order valence-electron chi connectivity index (χ3n) is 4.19. The van der Waals surface area contributed by atoms with Gasteiger partial charge in [-0.25, -0.2) is 0 Å². The van der Waals surface area contributed by atoms with Crippen molar-refractivity contribution >= 4 is 29.1 Å². The molecule has 0 bridgehead atoms. The van der Waals surface area contributed by atoms with Crippen LogP contribution in [0.5, 0.6) is 0 Å². The number of hydrogen-bond donors (Lipinski definition) is 2. The van der Waals surface area contributed by atoms with E-state index < -0.39 is 0 Å². The molecule has 1 amide bonds. The lowest BCUT2D eigenvalue weighted by Crippen LogP contribution is -2.36. The van der Waals surface area contributed by atoms with Crippen LogP contribution in [0.1, 0.15) is 34.9 Å². The third kappa shape index (κ3) is 3.89. The van der Waals surface area contributed by atoms with Crippen LogP contribution in [0.15, 0.2) is 36.4 Å². The Kier molecular flexibility index (Phi) is 5.26. The van der Waals surface area contributed by atoms with E-state index in [0.717, 1.165) is 13.1 Å². The quantitative estimate of drug-likeness (QED) is 0.858. The van der Waals surface area contributed by atoms with E-state index in [1.54, 1.807) is 6.07 Å². The summed E-state index contributed by atoms with van der Waals surface area (Å²) in [6, 6.07) is 12.0. The first-order chi connectivity index (χ1) is 11.1. The number of likely N-dealkylation sites (tertiary alicyclic amines) is 1. The van der Waals surface area contributed by atoms with E-state index in [1.165, 1.54) is 18.4 Å². The van der Waals surface area contributed by atoms with Crippen molar-refractivity contribution in [2.45, 2.75) is 18.9 Å². The molecule has 1 aliphatic rings. The molecule has 6 heteroatoms. The summed E-state index contributed by atoms with van der Waals surface area (Å²) in [6.45, 7) is 2.68. The van der Waals surface area contributed by atoms with Gasteiger partial charge in [-0.2, -0.15) is 0 Å². The summed E-state index contributed by atoms with van der Waals surface area (Å²) in [5, 5.41) is 3.63. The van der Waals surface area contributed by atoms with Gasteiger partial charge in [0, 0.05) is 6.54 Å². The summed E-state index contributed by atoms with van der Waals surface area (Å²) in [7, 11) is 0. The number of nitrogens with zero attached hydrogens (tertiary/aromatic N) is 1. The molecule has 0 radical (unpaired) electrons. The van der Waals surface area contributed by atoms with Crippen molar-refractivity contribution < 1.29 is 4.79 Å². The molecule has 23 heavy (non-hydrogen) atoms. The molecule has 3 rings (SSSR count). The Bertz CT molecular complexity index is 646. The highest BCUT2D eigenvalue weighted by atomic mass is 35.5. The molecule has 4 nitrogen and oxygen atoms in total. The summed E-state index contributed by atoms with van der Waals surface area (Å²) >= 11 is 11.7. The van der Waals surface area contributed by atoms with Crippen LogP contribution in [0.2, 0.25) is 10.2 Å². The van der Waals surface area contributed by atoms with Crippen molar-refractivity contribution in [2.75, 3.05) is 19.6 Å². The second-order valence-corrected chi connectivity index (χ2v) is 6.51. The standard InChI is InChI=1S/C17H19Cl2N3O/c18-13-10-14(21-16(13)19)17(23)20-11-15(22-8-4-5-9-22)12-6-2-1-3-7-12/h1-3,6-7,10,15,21H,4-5,8-9,11H2,(H,20,23)/t15-/m1/s1. The zero-order valence-electron chi connectivity index (χ0n) is 12.7. The summed E-state index contributed by atoms with van der Waals surface area (Å²) in [6.07, 6.45) is 2.41. The van der Waals surface area contributed by atoms with Crippen LogP contribution >= 0.6 is 23.2 Å². The fourth-order valence-corrected chi connectivity index (χ4v) is 3.31. The number of nitrogens with one attached hydrogen (secondary N) is 2. The second kappa shape index (κ2) is 7.39. The zero-order chi connectivity index (χ0) is 16.2. The third-order valence-corrected chi connectivity index (χ3v) is 4.88. The molecule has 0 spiro atoms. The van der Waals surface area contributed by atoms with Gasteiger partial charge in [-0.05, 0) is 37.6 Å². The maximum absolute atomic E-state index is 12.3.